The van der Waals surface area contributed by atoms with Crippen LogP contribution in [0.5, 0.6) is 5.75 Å². The van der Waals surface area contributed by atoms with Gasteiger partial charge in [0.05, 0.1) is 7.11 Å². The minimum atomic E-state index is 0.146. The van der Waals surface area contributed by atoms with Crippen molar-refractivity contribution in [1.82, 2.24) is 0 Å². The zero-order valence-corrected chi connectivity index (χ0v) is 10.5. The van der Waals surface area contributed by atoms with Gasteiger partial charge in [0.2, 0.25) is 0 Å². The maximum atomic E-state index is 11.4. The van der Waals surface area contributed by atoms with Crippen LogP contribution in [0, 0.1) is 12.8 Å². The standard InChI is InChI=1S/C14H20O2/c1-5-13(11(3)15)9-12-6-7-14(16-4)10(2)8-12/h6-8,13H,5,9H2,1-4H3. The van der Waals surface area contributed by atoms with Gasteiger partial charge in [-0.25, -0.2) is 0 Å². The Morgan fingerprint density at radius 1 is 1.44 bits per heavy atom. The van der Waals surface area contributed by atoms with E-state index in [0.717, 1.165) is 24.2 Å². The fourth-order valence-corrected chi connectivity index (χ4v) is 1.93. The van der Waals surface area contributed by atoms with E-state index in [9.17, 15) is 4.79 Å². The van der Waals surface area contributed by atoms with Gasteiger partial charge >= 0.3 is 0 Å². The molecule has 2 nitrogen and oxygen atoms in total. The normalized spacial score (nSPS) is 12.2. The monoisotopic (exact) mass is 220 g/mol. The number of ketones is 1. The second kappa shape index (κ2) is 5.69. The topological polar surface area (TPSA) is 26.3 Å². The Morgan fingerprint density at radius 2 is 2.12 bits per heavy atom. The molecule has 0 aliphatic carbocycles. The van der Waals surface area contributed by atoms with E-state index in [1.165, 1.54) is 5.56 Å². The molecule has 0 amide bonds. The lowest BCUT2D eigenvalue weighted by Crippen LogP contribution is -2.12. The van der Waals surface area contributed by atoms with E-state index in [1.54, 1.807) is 14.0 Å². The van der Waals surface area contributed by atoms with Crippen molar-refractivity contribution in [1.29, 1.82) is 0 Å². The molecule has 0 heterocycles. The van der Waals surface area contributed by atoms with Crippen LogP contribution in [0.2, 0.25) is 0 Å². The van der Waals surface area contributed by atoms with Crippen molar-refractivity contribution >= 4 is 5.78 Å². The number of aryl methyl sites for hydroxylation is 1. The van der Waals surface area contributed by atoms with E-state index in [-0.39, 0.29) is 11.7 Å². The molecule has 0 radical (unpaired) electrons. The third kappa shape index (κ3) is 3.09. The van der Waals surface area contributed by atoms with Gasteiger partial charge in [0.1, 0.15) is 11.5 Å². The molecule has 2 heteroatoms. The van der Waals surface area contributed by atoms with Crippen LogP contribution in [-0.4, -0.2) is 12.9 Å². The number of methoxy groups -OCH3 is 1. The Balaban J connectivity index is 2.81. The highest BCUT2D eigenvalue weighted by Crippen LogP contribution is 2.21. The molecule has 1 rings (SSSR count). The molecule has 0 aromatic heterocycles. The highest BCUT2D eigenvalue weighted by Gasteiger charge is 2.12. The second-order valence-corrected chi connectivity index (χ2v) is 4.22. The lowest BCUT2D eigenvalue weighted by Gasteiger charge is -2.12. The number of rotatable bonds is 5. The summed E-state index contributed by atoms with van der Waals surface area (Å²) in [7, 11) is 1.67. The summed E-state index contributed by atoms with van der Waals surface area (Å²) < 4.78 is 5.21. The lowest BCUT2D eigenvalue weighted by molar-refractivity contribution is -0.120. The first-order valence-corrected chi connectivity index (χ1v) is 5.72. The zero-order valence-electron chi connectivity index (χ0n) is 10.5. The lowest BCUT2D eigenvalue weighted by atomic mass is 9.93. The highest BCUT2D eigenvalue weighted by atomic mass is 16.5. The summed E-state index contributed by atoms with van der Waals surface area (Å²) in [4.78, 5) is 11.4. The van der Waals surface area contributed by atoms with Crippen LogP contribution in [0.15, 0.2) is 18.2 Å². The maximum Gasteiger partial charge on any atom is 0.133 e. The Labute approximate surface area is 97.6 Å². The van der Waals surface area contributed by atoms with E-state index in [4.69, 9.17) is 4.74 Å². The summed E-state index contributed by atoms with van der Waals surface area (Å²) in [5.41, 5.74) is 2.33. The molecule has 0 spiro atoms. The van der Waals surface area contributed by atoms with Crippen LogP contribution < -0.4 is 4.74 Å². The van der Waals surface area contributed by atoms with Crippen LogP contribution in [-0.2, 0) is 11.2 Å². The van der Waals surface area contributed by atoms with Gasteiger partial charge in [0, 0.05) is 5.92 Å². The Bertz CT molecular complexity index is 369. The van der Waals surface area contributed by atoms with Crippen molar-refractivity contribution in [3.8, 4) is 5.75 Å². The average Bonchev–Trinajstić information content (AvgIpc) is 2.25. The molecule has 0 saturated carbocycles. The van der Waals surface area contributed by atoms with E-state index in [1.807, 2.05) is 19.1 Å². The summed E-state index contributed by atoms with van der Waals surface area (Å²) in [5.74, 6) is 1.32. The zero-order chi connectivity index (χ0) is 12.1. The molecule has 1 unspecified atom stereocenters. The number of hydrogen-bond donors (Lipinski definition) is 0. The quantitative estimate of drug-likeness (QED) is 0.762. The van der Waals surface area contributed by atoms with Crippen LogP contribution in [0.25, 0.3) is 0 Å². The molecule has 0 saturated heterocycles. The summed E-state index contributed by atoms with van der Waals surface area (Å²) in [5, 5.41) is 0. The van der Waals surface area contributed by atoms with Crippen LogP contribution >= 0.6 is 0 Å². The van der Waals surface area contributed by atoms with Crippen molar-refractivity contribution in [2.24, 2.45) is 5.92 Å². The first kappa shape index (κ1) is 12.8. The van der Waals surface area contributed by atoms with Crippen molar-refractivity contribution in [3.05, 3.63) is 29.3 Å². The SMILES string of the molecule is CCC(Cc1ccc(OC)c(C)c1)C(C)=O. The number of benzene rings is 1. The third-order valence-electron chi connectivity index (χ3n) is 3.01. The predicted molar refractivity (Wildman–Crippen MR) is 65.9 cm³/mol. The molecule has 88 valence electrons. The summed E-state index contributed by atoms with van der Waals surface area (Å²) >= 11 is 0. The Kier molecular flexibility index (Phi) is 4.53. The van der Waals surface area contributed by atoms with Crippen molar-refractivity contribution in [2.75, 3.05) is 7.11 Å². The van der Waals surface area contributed by atoms with Crippen molar-refractivity contribution in [2.45, 2.75) is 33.6 Å². The van der Waals surface area contributed by atoms with Gasteiger partial charge in [-0.15, -0.1) is 0 Å². The van der Waals surface area contributed by atoms with Gasteiger partial charge in [-0.05, 0) is 43.9 Å². The molecule has 0 aliphatic heterocycles. The van der Waals surface area contributed by atoms with Crippen molar-refractivity contribution < 1.29 is 9.53 Å². The number of carbonyl (C=O) groups is 1. The molecule has 1 aromatic rings. The number of Topliss-reactive ketones (excluding diaryl/α,β-unsaturated/α-hetero) is 1. The van der Waals surface area contributed by atoms with Gasteiger partial charge in [0.15, 0.2) is 0 Å². The van der Waals surface area contributed by atoms with E-state index < -0.39 is 0 Å². The Hall–Kier alpha value is -1.31. The van der Waals surface area contributed by atoms with Gasteiger partial charge < -0.3 is 4.74 Å². The molecular weight excluding hydrogens is 200 g/mol. The fraction of sp³-hybridized carbons (Fsp3) is 0.500. The predicted octanol–water partition coefficient (Wildman–Crippen LogP) is 3.16. The number of hydrogen-bond acceptors (Lipinski definition) is 2. The molecule has 0 aliphatic rings. The minimum Gasteiger partial charge on any atom is -0.496 e. The fourth-order valence-electron chi connectivity index (χ4n) is 1.93. The highest BCUT2D eigenvalue weighted by molar-refractivity contribution is 5.78. The number of ether oxygens (including phenoxy) is 1. The molecular formula is C14H20O2. The van der Waals surface area contributed by atoms with Crippen LogP contribution in [0.4, 0.5) is 0 Å². The van der Waals surface area contributed by atoms with Crippen LogP contribution in [0.1, 0.15) is 31.4 Å². The molecule has 16 heavy (non-hydrogen) atoms. The molecule has 0 fully saturated rings. The minimum absolute atomic E-state index is 0.146. The largest absolute Gasteiger partial charge is 0.496 e. The van der Waals surface area contributed by atoms with Gasteiger partial charge in [0.25, 0.3) is 0 Å². The molecule has 1 atom stereocenters. The molecule has 0 N–H and O–H groups in total. The van der Waals surface area contributed by atoms with E-state index in [0.29, 0.717) is 0 Å². The molecule has 1 aromatic carbocycles. The number of carbonyl (C=O) groups excluding carboxylic acids is 1. The first-order chi connectivity index (χ1) is 7.58. The van der Waals surface area contributed by atoms with Crippen molar-refractivity contribution in [3.63, 3.8) is 0 Å². The van der Waals surface area contributed by atoms with E-state index >= 15 is 0 Å². The van der Waals surface area contributed by atoms with Gasteiger partial charge in [-0.3, -0.25) is 4.79 Å². The summed E-state index contributed by atoms with van der Waals surface area (Å²) in [6.07, 6.45) is 1.73. The summed E-state index contributed by atoms with van der Waals surface area (Å²) in [6.45, 7) is 5.75. The third-order valence-corrected chi connectivity index (χ3v) is 3.01. The summed E-state index contributed by atoms with van der Waals surface area (Å²) in [6, 6.07) is 6.11. The van der Waals surface area contributed by atoms with Gasteiger partial charge in [-0.2, -0.15) is 0 Å². The van der Waals surface area contributed by atoms with E-state index in [2.05, 4.69) is 13.0 Å². The maximum absolute atomic E-state index is 11.4. The average molecular weight is 220 g/mol. The smallest absolute Gasteiger partial charge is 0.133 e. The molecule has 0 bridgehead atoms. The Morgan fingerprint density at radius 3 is 2.56 bits per heavy atom. The van der Waals surface area contributed by atoms with Gasteiger partial charge in [-0.1, -0.05) is 19.1 Å². The first-order valence-electron chi connectivity index (χ1n) is 5.72. The second-order valence-electron chi connectivity index (χ2n) is 4.22. The van der Waals surface area contributed by atoms with Crippen LogP contribution in [0.3, 0.4) is 0 Å².